The van der Waals surface area contributed by atoms with E-state index in [4.69, 9.17) is 19.4 Å². The molecule has 0 amide bonds. The van der Waals surface area contributed by atoms with Crippen LogP contribution in [0, 0.1) is 0 Å². The highest BCUT2D eigenvalue weighted by Gasteiger charge is 2.22. The maximum Gasteiger partial charge on any atom is 0.167 e. The van der Waals surface area contributed by atoms with E-state index in [1.165, 1.54) is 33.0 Å². The first-order chi connectivity index (χ1) is 29.7. The normalized spacial score (nSPS) is 11.7. The summed E-state index contributed by atoms with van der Waals surface area (Å²) in [6.45, 7) is 0. The summed E-state index contributed by atoms with van der Waals surface area (Å²) in [5.41, 5.74) is 12.2. The first kappa shape index (κ1) is 33.9. The fourth-order valence-corrected chi connectivity index (χ4v) is 8.77. The summed E-state index contributed by atoms with van der Waals surface area (Å²) in [5.74, 6) is 1.77. The molecule has 5 nitrogen and oxygen atoms in total. The van der Waals surface area contributed by atoms with Gasteiger partial charge in [-0.3, -0.25) is 0 Å². The van der Waals surface area contributed by atoms with Crippen molar-refractivity contribution in [2.75, 3.05) is 0 Å². The molecule has 9 aromatic carbocycles. The van der Waals surface area contributed by atoms with Crippen LogP contribution in [0.3, 0.4) is 0 Å². The standard InChI is InChI=1S/C55H34N4O/c1-5-15-35(16-6-1)39-25-29-48-45(31-39)46-32-40(36-17-7-2-8-18-36)26-30-49(46)59(48)42-27-28-44-50(34-42)60-52-47(33-41-23-13-14-24-43(41)51(44)52)55-57-53(37-19-9-3-10-20-37)56-54(58-55)38-21-11-4-12-22-38/h1-34H. The molecule has 3 aromatic heterocycles. The second-order valence-electron chi connectivity index (χ2n) is 15.2. The molecule has 12 aromatic rings. The predicted molar refractivity (Wildman–Crippen MR) is 246 cm³/mol. The van der Waals surface area contributed by atoms with Gasteiger partial charge in [-0.1, -0.05) is 158 Å². The van der Waals surface area contributed by atoms with Gasteiger partial charge in [0.05, 0.1) is 16.6 Å². The Balaban J connectivity index is 1.09. The zero-order chi connectivity index (χ0) is 39.6. The summed E-state index contributed by atoms with van der Waals surface area (Å²) in [5, 5.41) is 6.66. The first-order valence-electron chi connectivity index (χ1n) is 20.2. The number of nitrogens with zero attached hydrogens (tertiary/aromatic N) is 4. The molecule has 0 bridgehead atoms. The molecule has 0 aliphatic rings. The number of rotatable bonds is 6. The van der Waals surface area contributed by atoms with Crippen molar-refractivity contribution < 1.29 is 4.42 Å². The molecule has 0 N–H and O–H groups in total. The molecular weight excluding hydrogens is 733 g/mol. The maximum atomic E-state index is 7.04. The topological polar surface area (TPSA) is 56.7 Å². The van der Waals surface area contributed by atoms with Gasteiger partial charge in [0.25, 0.3) is 0 Å². The molecule has 0 radical (unpaired) electrons. The van der Waals surface area contributed by atoms with Gasteiger partial charge >= 0.3 is 0 Å². The lowest BCUT2D eigenvalue weighted by Crippen LogP contribution is -2.00. The van der Waals surface area contributed by atoms with Crippen LogP contribution in [0.5, 0.6) is 0 Å². The lowest BCUT2D eigenvalue weighted by atomic mass is 9.99. The molecule has 280 valence electrons. The molecule has 0 unspecified atom stereocenters. The van der Waals surface area contributed by atoms with Crippen molar-refractivity contribution in [3.63, 3.8) is 0 Å². The largest absolute Gasteiger partial charge is 0.455 e. The summed E-state index contributed by atoms with van der Waals surface area (Å²) in [4.78, 5) is 15.2. The molecule has 0 aliphatic heterocycles. The molecule has 60 heavy (non-hydrogen) atoms. The Kier molecular flexibility index (Phi) is 7.78. The maximum absolute atomic E-state index is 7.04. The summed E-state index contributed by atoms with van der Waals surface area (Å²) in [6.07, 6.45) is 0. The summed E-state index contributed by atoms with van der Waals surface area (Å²) >= 11 is 0. The van der Waals surface area contributed by atoms with Crippen LogP contribution in [0.25, 0.3) is 117 Å². The van der Waals surface area contributed by atoms with Crippen molar-refractivity contribution in [3.8, 4) is 62.1 Å². The highest BCUT2D eigenvalue weighted by Crippen LogP contribution is 2.43. The van der Waals surface area contributed by atoms with Crippen molar-refractivity contribution in [3.05, 3.63) is 206 Å². The molecule has 0 fully saturated rings. The highest BCUT2D eigenvalue weighted by molar-refractivity contribution is 6.22. The zero-order valence-corrected chi connectivity index (χ0v) is 32.3. The van der Waals surface area contributed by atoms with Crippen LogP contribution in [0.4, 0.5) is 0 Å². The molecule has 0 saturated carbocycles. The third-order valence-electron chi connectivity index (χ3n) is 11.6. The van der Waals surface area contributed by atoms with Crippen LogP contribution in [-0.2, 0) is 0 Å². The van der Waals surface area contributed by atoms with E-state index >= 15 is 0 Å². The fourth-order valence-electron chi connectivity index (χ4n) is 8.77. The highest BCUT2D eigenvalue weighted by atomic mass is 16.3. The number of aromatic nitrogens is 4. The molecular formula is C55H34N4O. The van der Waals surface area contributed by atoms with Crippen LogP contribution in [0.15, 0.2) is 211 Å². The van der Waals surface area contributed by atoms with E-state index in [1.807, 2.05) is 60.7 Å². The quantitative estimate of drug-likeness (QED) is 0.169. The van der Waals surface area contributed by atoms with Crippen LogP contribution in [0.1, 0.15) is 0 Å². The third kappa shape index (κ3) is 5.59. The van der Waals surface area contributed by atoms with Crippen LogP contribution in [-0.4, -0.2) is 19.5 Å². The number of hydrogen-bond acceptors (Lipinski definition) is 4. The first-order valence-corrected chi connectivity index (χ1v) is 20.2. The zero-order valence-electron chi connectivity index (χ0n) is 32.3. The third-order valence-corrected chi connectivity index (χ3v) is 11.6. The van der Waals surface area contributed by atoms with E-state index in [1.54, 1.807) is 0 Å². The lowest BCUT2D eigenvalue weighted by molar-refractivity contribution is 0.669. The van der Waals surface area contributed by atoms with E-state index in [0.717, 1.165) is 66.1 Å². The van der Waals surface area contributed by atoms with Crippen molar-refractivity contribution in [1.29, 1.82) is 0 Å². The van der Waals surface area contributed by atoms with Crippen LogP contribution < -0.4 is 0 Å². The number of furan rings is 1. The number of fused-ring (bicyclic) bond motifs is 8. The smallest absolute Gasteiger partial charge is 0.167 e. The minimum Gasteiger partial charge on any atom is -0.455 e. The molecule has 5 heteroatoms. The molecule has 0 spiro atoms. The fraction of sp³-hybridized carbons (Fsp3) is 0. The average molecular weight is 767 g/mol. The van der Waals surface area contributed by atoms with Gasteiger partial charge in [0.2, 0.25) is 0 Å². The second-order valence-corrected chi connectivity index (χ2v) is 15.2. The van der Waals surface area contributed by atoms with E-state index in [0.29, 0.717) is 17.5 Å². The molecule has 0 aliphatic carbocycles. The SMILES string of the molecule is c1ccc(-c2ccc3c(c2)c2cc(-c4ccccc4)ccc2n3-c2ccc3c(c2)oc2c(-c4nc(-c5ccccc5)nc(-c5ccccc5)n4)cc4ccccc4c23)cc1. The average Bonchev–Trinajstić information content (AvgIpc) is 3.87. The lowest BCUT2D eigenvalue weighted by Gasteiger charge is -2.10. The van der Waals surface area contributed by atoms with Gasteiger partial charge in [0.15, 0.2) is 17.5 Å². The molecule has 12 rings (SSSR count). The van der Waals surface area contributed by atoms with E-state index < -0.39 is 0 Å². The van der Waals surface area contributed by atoms with E-state index in [9.17, 15) is 0 Å². The Hall–Kier alpha value is -8.15. The second kappa shape index (κ2) is 13.8. The van der Waals surface area contributed by atoms with Crippen molar-refractivity contribution >= 4 is 54.5 Å². The Bertz CT molecular complexity index is 3420. The van der Waals surface area contributed by atoms with Gasteiger partial charge in [0.1, 0.15) is 11.2 Å². The summed E-state index contributed by atoms with van der Waals surface area (Å²) < 4.78 is 9.41. The van der Waals surface area contributed by atoms with Gasteiger partial charge in [-0.15, -0.1) is 0 Å². The Morgan fingerprint density at radius 2 is 0.850 bits per heavy atom. The Morgan fingerprint density at radius 1 is 0.350 bits per heavy atom. The summed E-state index contributed by atoms with van der Waals surface area (Å²) in [7, 11) is 0. The van der Waals surface area contributed by atoms with Crippen molar-refractivity contribution in [2.24, 2.45) is 0 Å². The van der Waals surface area contributed by atoms with Gasteiger partial charge in [-0.25, -0.2) is 15.0 Å². The minimum absolute atomic E-state index is 0.559. The van der Waals surface area contributed by atoms with Gasteiger partial charge < -0.3 is 8.98 Å². The Labute approximate surface area is 345 Å². The van der Waals surface area contributed by atoms with Gasteiger partial charge in [-0.2, -0.15) is 0 Å². The predicted octanol–water partition coefficient (Wildman–Crippen LogP) is 14.4. The monoisotopic (exact) mass is 766 g/mol. The molecule has 3 heterocycles. The molecule has 0 atom stereocenters. The van der Waals surface area contributed by atoms with Crippen LogP contribution in [0.2, 0.25) is 0 Å². The molecule has 0 saturated heterocycles. The Morgan fingerprint density at radius 3 is 1.42 bits per heavy atom. The van der Waals surface area contributed by atoms with Crippen molar-refractivity contribution in [1.82, 2.24) is 19.5 Å². The van der Waals surface area contributed by atoms with Crippen LogP contribution >= 0.6 is 0 Å². The van der Waals surface area contributed by atoms with E-state index in [2.05, 4.69) is 150 Å². The minimum atomic E-state index is 0.559. The number of benzene rings is 9. The van der Waals surface area contributed by atoms with Gasteiger partial charge in [0, 0.05) is 44.4 Å². The van der Waals surface area contributed by atoms with E-state index in [-0.39, 0.29) is 0 Å². The summed E-state index contributed by atoms with van der Waals surface area (Å²) in [6, 6.07) is 72.2. The van der Waals surface area contributed by atoms with Gasteiger partial charge in [-0.05, 0) is 75.5 Å². The number of hydrogen-bond donors (Lipinski definition) is 0. The van der Waals surface area contributed by atoms with Crippen molar-refractivity contribution in [2.45, 2.75) is 0 Å².